The van der Waals surface area contributed by atoms with Crippen LogP contribution in [0.25, 0.3) is 0 Å². The second kappa shape index (κ2) is 8.06. The summed E-state index contributed by atoms with van der Waals surface area (Å²) in [4.78, 5) is 0. The average Bonchev–Trinajstić information content (AvgIpc) is 2.12. The number of sulfonamides is 1. The van der Waals surface area contributed by atoms with Gasteiger partial charge in [0.2, 0.25) is 10.0 Å². The van der Waals surface area contributed by atoms with E-state index in [1.54, 1.807) is 0 Å². The van der Waals surface area contributed by atoms with E-state index in [1.807, 2.05) is 13.8 Å². The van der Waals surface area contributed by atoms with E-state index in [2.05, 4.69) is 17.0 Å². The lowest BCUT2D eigenvalue weighted by Crippen LogP contribution is -2.50. The van der Waals surface area contributed by atoms with Gasteiger partial charge in [-0.3, -0.25) is 0 Å². The molecule has 0 amide bonds. The van der Waals surface area contributed by atoms with Crippen molar-refractivity contribution >= 4 is 10.0 Å². The van der Waals surface area contributed by atoms with E-state index >= 15 is 0 Å². The molecule has 0 heterocycles. The van der Waals surface area contributed by atoms with Gasteiger partial charge in [0.15, 0.2) is 0 Å². The molecule has 0 saturated carbocycles. The van der Waals surface area contributed by atoms with Crippen LogP contribution in [0, 0.1) is 0 Å². The standard InChI is InChI=1S/C12H28N2O2S/c1-5-6-7-8-9-10-13-11-12(2,3)14-17(4,15)16/h13-14H,5-11H2,1-4H3. The lowest BCUT2D eigenvalue weighted by atomic mass is 10.1. The Hall–Kier alpha value is -0.130. The summed E-state index contributed by atoms with van der Waals surface area (Å²) in [6.07, 6.45) is 7.47. The van der Waals surface area contributed by atoms with Gasteiger partial charge in [0, 0.05) is 12.1 Å². The Morgan fingerprint density at radius 2 is 1.65 bits per heavy atom. The van der Waals surface area contributed by atoms with Crippen molar-refractivity contribution in [1.82, 2.24) is 10.0 Å². The third-order valence-electron chi connectivity index (χ3n) is 2.49. The van der Waals surface area contributed by atoms with Gasteiger partial charge < -0.3 is 5.32 Å². The second-order valence-corrected chi connectivity index (χ2v) is 7.10. The fourth-order valence-electron chi connectivity index (χ4n) is 1.79. The Morgan fingerprint density at radius 3 is 2.18 bits per heavy atom. The van der Waals surface area contributed by atoms with Gasteiger partial charge in [-0.15, -0.1) is 0 Å². The van der Waals surface area contributed by atoms with Gasteiger partial charge in [-0.1, -0.05) is 32.6 Å². The van der Waals surface area contributed by atoms with Gasteiger partial charge >= 0.3 is 0 Å². The van der Waals surface area contributed by atoms with Crippen molar-refractivity contribution in [2.24, 2.45) is 0 Å². The normalized spacial score (nSPS) is 12.9. The van der Waals surface area contributed by atoms with Crippen LogP contribution >= 0.6 is 0 Å². The first-order valence-electron chi connectivity index (χ1n) is 6.46. The van der Waals surface area contributed by atoms with E-state index in [-0.39, 0.29) is 0 Å². The summed E-state index contributed by atoms with van der Waals surface area (Å²) in [6.45, 7) is 7.60. The van der Waals surface area contributed by atoms with Gasteiger partial charge in [0.25, 0.3) is 0 Å². The molecule has 0 rings (SSSR count). The molecule has 0 unspecified atom stereocenters. The number of hydrogen-bond acceptors (Lipinski definition) is 3. The van der Waals surface area contributed by atoms with Crippen LogP contribution in [0.5, 0.6) is 0 Å². The monoisotopic (exact) mass is 264 g/mol. The van der Waals surface area contributed by atoms with Crippen LogP contribution in [0.3, 0.4) is 0 Å². The van der Waals surface area contributed by atoms with Crippen LogP contribution in [-0.2, 0) is 10.0 Å². The summed E-state index contributed by atoms with van der Waals surface area (Å²) in [5, 5.41) is 3.30. The van der Waals surface area contributed by atoms with Gasteiger partial charge in [0.1, 0.15) is 0 Å². The molecular formula is C12H28N2O2S. The quantitative estimate of drug-likeness (QED) is 0.592. The van der Waals surface area contributed by atoms with E-state index < -0.39 is 15.6 Å². The number of hydrogen-bond donors (Lipinski definition) is 2. The summed E-state index contributed by atoms with van der Waals surface area (Å²) in [7, 11) is -3.13. The van der Waals surface area contributed by atoms with E-state index in [4.69, 9.17) is 0 Å². The predicted octanol–water partition coefficient (Wildman–Crippen LogP) is 1.87. The summed E-state index contributed by atoms with van der Waals surface area (Å²) >= 11 is 0. The minimum atomic E-state index is -3.13. The Labute approximate surface area is 107 Å². The van der Waals surface area contributed by atoms with Gasteiger partial charge in [-0.25, -0.2) is 13.1 Å². The van der Waals surface area contributed by atoms with Crippen molar-refractivity contribution in [2.75, 3.05) is 19.3 Å². The molecule has 5 heteroatoms. The molecule has 0 fully saturated rings. The number of nitrogens with one attached hydrogen (secondary N) is 2. The molecule has 0 aromatic rings. The summed E-state index contributed by atoms with van der Waals surface area (Å²) in [5.41, 5.74) is -0.420. The van der Waals surface area contributed by atoms with Crippen molar-refractivity contribution < 1.29 is 8.42 Å². The van der Waals surface area contributed by atoms with E-state index in [1.165, 1.54) is 31.9 Å². The van der Waals surface area contributed by atoms with Crippen molar-refractivity contribution in [3.8, 4) is 0 Å². The van der Waals surface area contributed by atoms with Crippen LogP contribution in [0.1, 0.15) is 52.9 Å². The molecule has 0 atom stereocenters. The van der Waals surface area contributed by atoms with Crippen molar-refractivity contribution in [3.05, 3.63) is 0 Å². The highest BCUT2D eigenvalue weighted by Crippen LogP contribution is 2.03. The summed E-state index contributed by atoms with van der Waals surface area (Å²) in [6, 6.07) is 0. The van der Waals surface area contributed by atoms with Crippen molar-refractivity contribution in [3.63, 3.8) is 0 Å². The molecule has 0 radical (unpaired) electrons. The molecule has 104 valence electrons. The second-order valence-electron chi connectivity index (χ2n) is 5.35. The third-order valence-corrected chi connectivity index (χ3v) is 3.41. The summed E-state index contributed by atoms with van der Waals surface area (Å²) < 4.78 is 24.8. The van der Waals surface area contributed by atoms with Gasteiger partial charge in [-0.2, -0.15) is 0 Å². The van der Waals surface area contributed by atoms with Crippen LogP contribution < -0.4 is 10.0 Å². The van der Waals surface area contributed by atoms with E-state index in [9.17, 15) is 8.42 Å². The van der Waals surface area contributed by atoms with Crippen LogP contribution in [-0.4, -0.2) is 33.3 Å². The maximum Gasteiger partial charge on any atom is 0.209 e. The minimum absolute atomic E-state index is 0.420. The zero-order valence-electron chi connectivity index (χ0n) is 11.7. The topological polar surface area (TPSA) is 58.2 Å². The highest BCUT2D eigenvalue weighted by Gasteiger charge is 2.21. The maximum atomic E-state index is 11.1. The molecular weight excluding hydrogens is 236 g/mol. The smallest absolute Gasteiger partial charge is 0.209 e. The first-order valence-corrected chi connectivity index (χ1v) is 8.35. The highest BCUT2D eigenvalue weighted by molar-refractivity contribution is 7.88. The zero-order valence-corrected chi connectivity index (χ0v) is 12.5. The molecule has 0 aromatic carbocycles. The average molecular weight is 264 g/mol. The first-order chi connectivity index (χ1) is 7.77. The summed E-state index contributed by atoms with van der Waals surface area (Å²) in [5.74, 6) is 0. The fraction of sp³-hybridized carbons (Fsp3) is 1.00. The lowest BCUT2D eigenvalue weighted by molar-refractivity contribution is 0.417. The largest absolute Gasteiger partial charge is 0.315 e. The molecule has 0 aromatic heterocycles. The molecule has 0 saturated heterocycles. The minimum Gasteiger partial charge on any atom is -0.315 e. The van der Waals surface area contributed by atoms with Crippen LogP contribution in [0.2, 0.25) is 0 Å². The van der Waals surface area contributed by atoms with Crippen molar-refractivity contribution in [1.29, 1.82) is 0 Å². The zero-order chi connectivity index (χ0) is 13.4. The Balaban J connectivity index is 3.59. The fourth-order valence-corrected chi connectivity index (χ4v) is 2.87. The Bertz CT molecular complexity index is 287. The molecule has 4 nitrogen and oxygen atoms in total. The maximum absolute atomic E-state index is 11.1. The molecule has 0 spiro atoms. The van der Waals surface area contributed by atoms with E-state index in [0.717, 1.165) is 13.0 Å². The van der Waals surface area contributed by atoms with Gasteiger partial charge in [-0.05, 0) is 26.8 Å². The number of unbranched alkanes of at least 4 members (excludes halogenated alkanes) is 4. The predicted molar refractivity (Wildman–Crippen MR) is 73.7 cm³/mol. The van der Waals surface area contributed by atoms with E-state index in [0.29, 0.717) is 6.54 Å². The third kappa shape index (κ3) is 12.1. The Morgan fingerprint density at radius 1 is 1.06 bits per heavy atom. The van der Waals surface area contributed by atoms with Crippen LogP contribution in [0.15, 0.2) is 0 Å². The van der Waals surface area contributed by atoms with Gasteiger partial charge in [0.05, 0.1) is 6.26 Å². The lowest BCUT2D eigenvalue weighted by Gasteiger charge is -2.25. The molecule has 0 aliphatic carbocycles. The van der Waals surface area contributed by atoms with Crippen LogP contribution in [0.4, 0.5) is 0 Å². The Kier molecular flexibility index (Phi) is 8.00. The number of rotatable bonds is 10. The first kappa shape index (κ1) is 16.9. The molecule has 0 aliphatic rings. The molecule has 17 heavy (non-hydrogen) atoms. The molecule has 0 bridgehead atoms. The van der Waals surface area contributed by atoms with Crippen molar-refractivity contribution in [2.45, 2.75) is 58.4 Å². The molecule has 0 aliphatic heterocycles. The molecule has 2 N–H and O–H groups in total. The SMILES string of the molecule is CCCCCCCNCC(C)(C)NS(C)(=O)=O. The highest BCUT2D eigenvalue weighted by atomic mass is 32.2.